The van der Waals surface area contributed by atoms with Crippen LogP contribution in [0.4, 0.5) is 16.1 Å². The minimum absolute atomic E-state index is 0. The number of para-hydroxylation sites is 1. The van der Waals surface area contributed by atoms with Gasteiger partial charge in [0.2, 0.25) is 0 Å². The molecule has 0 atom stereocenters. The molecular weight excluding hydrogens is 679 g/mol. The lowest BCUT2D eigenvalue weighted by Gasteiger charge is -2.07. The van der Waals surface area contributed by atoms with Crippen LogP contribution in [0.5, 0.6) is 17.2 Å². The van der Waals surface area contributed by atoms with E-state index in [0.717, 1.165) is 11.1 Å². The number of carbonyl (C=O) groups is 2. The number of ether oxygens (including phenoxy) is 1. The standard InChI is InChI=1S/C16H14N4O2.C14H9NO3.C8H11N3.CH4.FH/c1-18-12-7-8-14(21)13(9-12)15(22)20-16(17)19-10-11-5-3-2-4-6-11;1-15-10-7-8-13(16)12(9-10)14(17)18-11-5-3-2-4-6-11;9-8(10)11-6-7-4-2-1-3-5-7;;/h2-9,21H,10H2,(H3,17,19,20,22);2-9,16H;1-5H,6H2,(H4,9,10,11);1H4;1H. The van der Waals surface area contributed by atoms with Gasteiger partial charge in [0.05, 0.1) is 37.4 Å². The summed E-state index contributed by atoms with van der Waals surface area (Å²) in [7, 11) is 0. The normalized spacial score (nSPS) is 9.58. The molecule has 0 bridgehead atoms. The SMILES string of the molecule is C.F.NC(N)=NCc1ccccc1.[C-]#[N+]c1ccc(O)c(C(=O)NC(N)=NCc2ccccc2)c1.[C-]#[N+]c1ccc(O)c(C(=O)Oc2ccccc2)c1. The number of phenols is 2. The highest BCUT2D eigenvalue weighted by Gasteiger charge is 2.15. The number of esters is 1. The summed E-state index contributed by atoms with van der Waals surface area (Å²) >= 11 is 0. The van der Waals surface area contributed by atoms with Crippen molar-refractivity contribution >= 4 is 35.2 Å². The Labute approximate surface area is 306 Å². The summed E-state index contributed by atoms with van der Waals surface area (Å²) in [6.45, 7) is 14.7. The zero-order valence-electron chi connectivity index (χ0n) is 27.6. The maximum atomic E-state index is 12.0. The van der Waals surface area contributed by atoms with E-state index in [2.05, 4.69) is 25.0 Å². The number of carbonyl (C=O) groups excluding carboxylic acids is 2. The van der Waals surface area contributed by atoms with E-state index in [4.69, 9.17) is 35.1 Å². The molecule has 9 N–H and O–H groups in total. The third-order valence-corrected chi connectivity index (χ3v) is 6.44. The summed E-state index contributed by atoms with van der Waals surface area (Å²) in [6.07, 6.45) is 0. The molecule has 0 aliphatic rings. The number of aromatic hydroxyl groups is 2. The molecule has 5 rings (SSSR count). The number of benzene rings is 5. The van der Waals surface area contributed by atoms with Crippen LogP contribution in [-0.4, -0.2) is 34.0 Å². The Balaban J connectivity index is 0.000000410. The summed E-state index contributed by atoms with van der Waals surface area (Å²) < 4.78 is 5.08. The van der Waals surface area contributed by atoms with E-state index in [-0.39, 0.29) is 58.1 Å². The molecule has 0 aliphatic heterocycles. The third kappa shape index (κ3) is 15.2. The molecule has 0 aromatic heterocycles. The van der Waals surface area contributed by atoms with E-state index in [9.17, 15) is 19.8 Å². The van der Waals surface area contributed by atoms with Crippen molar-refractivity contribution in [1.82, 2.24) is 5.32 Å². The number of nitrogens with zero attached hydrogens (tertiary/aromatic N) is 4. The molecule has 0 saturated heterocycles. The molecule has 14 heteroatoms. The van der Waals surface area contributed by atoms with E-state index in [1.54, 1.807) is 30.3 Å². The fourth-order valence-corrected chi connectivity index (χ4v) is 3.93. The molecule has 0 saturated carbocycles. The van der Waals surface area contributed by atoms with Crippen LogP contribution in [0.3, 0.4) is 0 Å². The predicted octanol–water partition coefficient (Wildman–Crippen LogP) is 6.60. The number of rotatable bonds is 7. The quantitative estimate of drug-likeness (QED) is 0.0354. The molecule has 5 aromatic carbocycles. The van der Waals surface area contributed by atoms with Crippen molar-refractivity contribution in [1.29, 1.82) is 0 Å². The van der Waals surface area contributed by atoms with E-state index >= 15 is 0 Å². The lowest BCUT2D eigenvalue weighted by molar-refractivity contribution is 0.0731. The van der Waals surface area contributed by atoms with E-state index < -0.39 is 11.9 Å². The van der Waals surface area contributed by atoms with Crippen LogP contribution in [0.1, 0.15) is 39.3 Å². The van der Waals surface area contributed by atoms with Gasteiger partial charge < -0.3 is 32.2 Å². The Morgan fingerprint density at radius 3 is 1.57 bits per heavy atom. The molecule has 272 valence electrons. The Hall–Kier alpha value is -7.71. The maximum absolute atomic E-state index is 12.0. The van der Waals surface area contributed by atoms with Crippen LogP contribution in [-0.2, 0) is 13.1 Å². The fourth-order valence-electron chi connectivity index (χ4n) is 3.93. The number of hydrogen-bond donors (Lipinski definition) is 6. The highest BCUT2D eigenvalue weighted by molar-refractivity contribution is 6.07. The van der Waals surface area contributed by atoms with Gasteiger partial charge in [0.1, 0.15) is 17.2 Å². The van der Waals surface area contributed by atoms with Crippen LogP contribution in [0.25, 0.3) is 9.69 Å². The van der Waals surface area contributed by atoms with Crippen molar-refractivity contribution in [3.8, 4) is 17.2 Å². The van der Waals surface area contributed by atoms with Gasteiger partial charge in [0.25, 0.3) is 5.91 Å². The lowest BCUT2D eigenvalue weighted by atomic mass is 10.1. The second-order valence-electron chi connectivity index (χ2n) is 10.2. The number of amides is 1. The van der Waals surface area contributed by atoms with Crippen LogP contribution in [0.2, 0.25) is 0 Å². The first-order chi connectivity index (χ1) is 24.6. The van der Waals surface area contributed by atoms with Crippen LogP contribution < -0.4 is 27.3 Å². The van der Waals surface area contributed by atoms with Crippen molar-refractivity contribution in [2.45, 2.75) is 20.5 Å². The van der Waals surface area contributed by atoms with Gasteiger partial charge in [0, 0.05) is 0 Å². The Kier molecular flexibility index (Phi) is 18.7. The minimum Gasteiger partial charge on any atom is -0.507 e. The number of nitrogens with two attached hydrogens (primary N) is 3. The van der Waals surface area contributed by atoms with Crippen molar-refractivity contribution < 1.29 is 29.2 Å². The Bertz CT molecular complexity index is 2060. The molecule has 0 fully saturated rings. The second-order valence-corrected chi connectivity index (χ2v) is 10.2. The van der Waals surface area contributed by atoms with Crippen LogP contribution in [0.15, 0.2) is 137 Å². The summed E-state index contributed by atoms with van der Waals surface area (Å²) in [5.41, 5.74) is 18.5. The van der Waals surface area contributed by atoms with Crippen molar-refractivity contribution in [2.24, 2.45) is 27.2 Å². The predicted molar refractivity (Wildman–Crippen MR) is 205 cm³/mol. The highest BCUT2D eigenvalue weighted by atomic mass is 19.0. The summed E-state index contributed by atoms with van der Waals surface area (Å²) in [5, 5.41) is 21.6. The average molecular weight is 719 g/mol. The minimum atomic E-state index is -0.691. The zero-order chi connectivity index (χ0) is 37.0. The number of aliphatic imine (C=N–C) groups is 2. The molecule has 1 amide bonds. The summed E-state index contributed by atoms with van der Waals surface area (Å²) in [5.74, 6) is -1.27. The number of halogens is 1. The first-order valence-corrected chi connectivity index (χ1v) is 15.0. The first-order valence-electron chi connectivity index (χ1n) is 15.0. The molecule has 0 unspecified atom stereocenters. The van der Waals surface area contributed by atoms with Gasteiger partial charge in [-0.2, -0.15) is 0 Å². The van der Waals surface area contributed by atoms with E-state index in [1.165, 1.54) is 36.4 Å². The van der Waals surface area contributed by atoms with Crippen LogP contribution in [0, 0.1) is 13.1 Å². The summed E-state index contributed by atoms with van der Waals surface area (Å²) in [6, 6.07) is 35.8. The number of phenolic OH excluding ortho intramolecular Hbond substituents is 2. The lowest BCUT2D eigenvalue weighted by Crippen LogP contribution is -2.36. The fraction of sp³-hybridized carbons (Fsp3) is 0.0769. The van der Waals surface area contributed by atoms with Gasteiger partial charge in [-0.15, -0.1) is 0 Å². The molecular formula is C39H39FN8O5. The van der Waals surface area contributed by atoms with Gasteiger partial charge in [-0.25, -0.2) is 24.5 Å². The number of nitrogens with one attached hydrogen (secondary N) is 1. The second kappa shape index (κ2) is 22.8. The number of guanidine groups is 2. The molecule has 0 radical (unpaired) electrons. The monoisotopic (exact) mass is 718 g/mol. The summed E-state index contributed by atoms with van der Waals surface area (Å²) in [4.78, 5) is 38.2. The average Bonchev–Trinajstić information content (AvgIpc) is 3.15. The van der Waals surface area contributed by atoms with Crippen molar-refractivity contribution in [2.75, 3.05) is 0 Å². The Morgan fingerprint density at radius 2 is 1.09 bits per heavy atom. The third-order valence-electron chi connectivity index (χ3n) is 6.44. The molecule has 0 spiro atoms. The molecule has 53 heavy (non-hydrogen) atoms. The van der Waals surface area contributed by atoms with Crippen LogP contribution >= 0.6 is 0 Å². The first kappa shape index (κ1) is 43.3. The van der Waals surface area contributed by atoms with Crippen molar-refractivity contribution in [3.05, 3.63) is 172 Å². The Morgan fingerprint density at radius 1 is 0.660 bits per heavy atom. The van der Waals surface area contributed by atoms with E-state index in [0.29, 0.717) is 18.8 Å². The van der Waals surface area contributed by atoms with Gasteiger partial charge >= 0.3 is 5.97 Å². The smallest absolute Gasteiger partial charge is 0.346 e. The molecule has 5 aromatic rings. The molecule has 0 heterocycles. The van der Waals surface area contributed by atoms with Gasteiger partial charge in [-0.3, -0.25) is 14.8 Å². The van der Waals surface area contributed by atoms with Gasteiger partial charge in [-0.05, 0) is 47.5 Å². The van der Waals surface area contributed by atoms with Crippen molar-refractivity contribution in [3.63, 3.8) is 0 Å². The zero-order valence-corrected chi connectivity index (χ0v) is 27.6. The van der Waals surface area contributed by atoms with Gasteiger partial charge in [0.15, 0.2) is 23.3 Å². The maximum Gasteiger partial charge on any atom is 0.346 e. The van der Waals surface area contributed by atoms with E-state index in [1.807, 2.05) is 60.7 Å². The largest absolute Gasteiger partial charge is 0.507 e. The topological polar surface area (TPSA) is 207 Å². The molecule has 0 aliphatic carbocycles. The highest BCUT2D eigenvalue weighted by Crippen LogP contribution is 2.25. The molecule has 13 nitrogen and oxygen atoms in total. The number of hydrogen-bond acceptors (Lipinski definition) is 7. The van der Waals surface area contributed by atoms with Gasteiger partial charge in [-0.1, -0.05) is 98.4 Å².